The highest BCUT2D eigenvalue weighted by Gasteiger charge is 2.48. The molecule has 4 nitrogen and oxygen atoms in total. The van der Waals surface area contributed by atoms with Crippen molar-refractivity contribution in [3.8, 4) is 5.75 Å². The predicted octanol–water partition coefficient (Wildman–Crippen LogP) is 2.94. The molecule has 3 rings (SSSR count). The van der Waals surface area contributed by atoms with Crippen LogP contribution in [0.2, 0.25) is 0 Å². The maximum atomic E-state index is 12.8. The molecule has 0 unspecified atom stereocenters. The lowest BCUT2D eigenvalue weighted by atomic mass is 9.78. The minimum atomic E-state index is -0.329. The molecule has 1 aromatic carbocycles. The number of allylic oxidation sites excluding steroid dienone is 2. The summed E-state index contributed by atoms with van der Waals surface area (Å²) in [6.45, 7) is 4.52. The predicted molar refractivity (Wildman–Crippen MR) is 83.2 cm³/mol. The Kier molecular flexibility index (Phi) is 4.20. The zero-order valence-corrected chi connectivity index (χ0v) is 13.3. The number of hydrogen-bond acceptors (Lipinski definition) is 3. The van der Waals surface area contributed by atoms with Gasteiger partial charge in [-0.15, -0.1) is 0 Å². The van der Waals surface area contributed by atoms with Gasteiger partial charge >= 0.3 is 0 Å². The Hall–Kier alpha value is -2.17. The van der Waals surface area contributed by atoms with E-state index in [1.165, 1.54) is 40.3 Å². The molecule has 1 saturated heterocycles. The van der Waals surface area contributed by atoms with Crippen molar-refractivity contribution in [1.29, 1.82) is 0 Å². The Bertz CT molecular complexity index is 633. The van der Waals surface area contributed by atoms with Gasteiger partial charge in [0.25, 0.3) is 0 Å². The average molecular weight is 317 g/mol. The number of carbonyl (C=O) groups is 2. The fourth-order valence-corrected chi connectivity index (χ4v) is 3.33. The quantitative estimate of drug-likeness (QED) is 0.633. The molecule has 5 heteroatoms. The molecule has 1 aliphatic heterocycles. The van der Waals surface area contributed by atoms with Gasteiger partial charge in [0.05, 0.1) is 18.4 Å². The molecular formula is C18H20FNO3. The van der Waals surface area contributed by atoms with Gasteiger partial charge in [-0.3, -0.25) is 14.5 Å². The number of benzene rings is 1. The molecule has 2 amide bonds. The van der Waals surface area contributed by atoms with Crippen molar-refractivity contribution < 1.29 is 18.7 Å². The molecule has 0 radical (unpaired) electrons. The fraction of sp³-hybridized carbons (Fsp3) is 0.444. The Morgan fingerprint density at radius 3 is 2.09 bits per heavy atom. The minimum Gasteiger partial charge on any atom is -0.492 e. The van der Waals surface area contributed by atoms with Gasteiger partial charge in [0, 0.05) is 0 Å². The molecule has 0 bridgehead atoms. The van der Waals surface area contributed by atoms with Gasteiger partial charge in [-0.2, -0.15) is 0 Å². The van der Waals surface area contributed by atoms with Crippen molar-refractivity contribution in [3.05, 3.63) is 41.2 Å². The molecule has 0 spiro atoms. The van der Waals surface area contributed by atoms with E-state index in [9.17, 15) is 14.0 Å². The summed E-state index contributed by atoms with van der Waals surface area (Å²) in [5, 5.41) is 0. The van der Waals surface area contributed by atoms with Crippen molar-refractivity contribution >= 4 is 11.8 Å². The van der Waals surface area contributed by atoms with E-state index in [4.69, 9.17) is 4.74 Å². The zero-order chi connectivity index (χ0) is 16.6. The highest BCUT2D eigenvalue weighted by Crippen LogP contribution is 2.40. The van der Waals surface area contributed by atoms with Crippen LogP contribution in [0.5, 0.6) is 5.75 Å². The van der Waals surface area contributed by atoms with Gasteiger partial charge in [-0.05, 0) is 51.0 Å². The fourth-order valence-electron chi connectivity index (χ4n) is 3.33. The molecule has 122 valence electrons. The zero-order valence-electron chi connectivity index (χ0n) is 13.3. The highest BCUT2D eigenvalue weighted by molar-refractivity contribution is 6.05. The number of fused-ring (bicyclic) bond motifs is 1. The largest absolute Gasteiger partial charge is 0.492 e. The second-order valence-electron chi connectivity index (χ2n) is 6.31. The first-order valence-electron chi connectivity index (χ1n) is 7.86. The molecule has 2 aliphatic rings. The van der Waals surface area contributed by atoms with E-state index < -0.39 is 0 Å². The topological polar surface area (TPSA) is 46.6 Å². The van der Waals surface area contributed by atoms with Gasteiger partial charge in [0.1, 0.15) is 18.2 Å². The number of carbonyl (C=O) groups excluding carboxylic acids is 2. The second-order valence-corrected chi connectivity index (χ2v) is 6.31. The van der Waals surface area contributed by atoms with E-state index in [0.29, 0.717) is 18.6 Å². The summed E-state index contributed by atoms with van der Waals surface area (Å²) in [5.74, 6) is -0.404. The summed E-state index contributed by atoms with van der Waals surface area (Å²) >= 11 is 0. The smallest absolute Gasteiger partial charge is 0.233 e. The Morgan fingerprint density at radius 2 is 1.57 bits per heavy atom. The maximum Gasteiger partial charge on any atom is 0.233 e. The van der Waals surface area contributed by atoms with E-state index in [-0.39, 0.29) is 42.6 Å². The van der Waals surface area contributed by atoms with E-state index in [1.807, 2.05) is 13.8 Å². The molecule has 0 N–H and O–H groups in total. The standard InChI is InChI=1S/C18H20FNO3/c1-11-9-15-16(10-12(11)2)18(22)20(17(15)21)7-8-23-14-5-3-13(19)4-6-14/h3-6,15-16H,7-10H2,1-2H3/t15-,16-/m1/s1. The maximum absolute atomic E-state index is 12.8. The second kappa shape index (κ2) is 6.14. The number of hydrogen-bond donors (Lipinski definition) is 0. The van der Waals surface area contributed by atoms with Crippen molar-refractivity contribution in [2.24, 2.45) is 11.8 Å². The lowest BCUT2D eigenvalue weighted by Gasteiger charge is -2.23. The third-order valence-electron chi connectivity index (χ3n) is 4.83. The molecule has 1 heterocycles. The lowest BCUT2D eigenvalue weighted by Crippen LogP contribution is -2.34. The van der Waals surface area contributed by atoms with E-state index in [0.717, 1.165) is 0 Å². The minimum absolute atomic E-state index is 0.0884. The first-order chi connectivity index (χ1) is 11.0. The van der Waals surface area contributed by atoms with Crippen LogP contribution in [0.1, 0.15) is 26.7 Å². The monoisotopic (exact) mass is 317 g/mol. The van der Waals surface area contributed by atoms with Crippen LogP contribution in [0, 0.1) is 17.7 Å². The summed E-state index contributed by atoms with van der Waals surface area (Å²) in [7, 11) is 0. The van der Waals surface area contributed by atoms with Crippen molar-refractivity contribution in [2.75, 3.05) is 13.2 Å². The number of amides is 2. The van der Waals surface area contributed by atoms with Crippen LogP contribution < -0.4 is 4.74 Å². The Morgan fingerprint density at radius 1 is 1.04 bits per heavy atom. The third-order valence-corrected chi connectivity index (χ3v) is 4.83. The molecule has 0 aromatic heterocycles. The van der Waals surface area contributed by atoms with E-state index in [2.05, 4.69) is 0 Å². The molecular weight excluding hydrogens is 297 g/mol. The Labute approximate surface area is 134 Å². The summed E-state index contributed by atoms with van der Waals surface area (Å²) in [5.41, 5.74) is 2.44. The van der Waals surface area contributed by atoms with Gasteiger partial charge in [0.2, 0.25) is 11.8 Å². The summed E-state index contributed by atoms with van der Waals surface area (Å²) in [4.78, 5) is 26.3. The first-order valence-corrected chi connectivity index (χ1v) is 7.86. The van der Waals surface area contributed by atoms with Crippen molar-refractivity contribution in [1.82, 2.24) is 4.90 Å². The summed E-state index contributed by atoms with van der Waals surface area (Å²) < 4.78 is 18.3. The van der Waals surface area contributed by atoms with Crippen LogP contribution >= 0.6 is 0 Å². The van der Waals surface area contributed by atoms with Crippen LogP contribution in [0.3, 0.4) is 0 Å². The van der Waals surface area contributed by atoms with Crippen molar-refractivity contribution in [3.63, 3.8) is 0 Å². The molecule has 2 atom stereocenters. The summed E-state index contributed by atoms with van der Waals surface area (Å²) in [6.07, 6.45) is 1.35. The number of nitrogens with zero attached hydrogens (tertiary/aromatic N) is 1. The Balaban J connectivity index is 1.60. The average Bonchev–Trinajstić information content (AvgIpc) is 2.75. The van der Waals surface area contributed by atoms with E-state index in [1.54, 1.807) is 0 Å². The molecule has 1 aliphatic carbocycles. The number of rotatable bonds is 4. The van der Waals surface area contributed by atoms with Crippen LogP contribution in [0.25, 0.3) is 0 Å². The van der Waals surface area contributed by atoms with Crippen molar-refractivity contribution in [2.45, 2.75) is 26.7 Å². The van der Waals surface area contributed by atoms with Gasteiger partial charge < -0.3 is 4.74 Å². The molecule has 23 heavy (non-hydrogen) atoms. The normalized spacial score (nSPS) is 24.2. The molecule has 0 saturated carbocycles. The third kappa shape index (κ3) is 3.00. The number of imide groups is 1. The lowest BCUT2D eigenvalue weighted by molar-refractivity contribution is -0.140. The number of ether oxygens (including phenoxy) is 1. The molecule has 1 aromatic rings. The van der Waals surface area contributed by atoms with Crippen LogP contribution in [-0.2, 0) is 9.59 Å². The van der Waals surface area contributed by atoms with Gasteiger partial charge in [-0.1, -0.05) is 11.1 Å². The first kappa shape index (κ1) is 15.7. The summed E-state index contributed by atoms with van der Waals surface area (Å²) in [6, 6.07) is 5.68. The number of likely N-dealkylation sites (tertiary alicyclic amines) is 1. The molecule has 1 fully saturated rings. The van der Waals surface area contributed by atoms with Gasteiger partial charge in [-0.25, -0.2) is 4.39 Å². The SMILES string of the molecule is CC1=C(C)C[C@H]2C(=O)N(CCOc3ccc(F)cc3)C(=O)[C@@H]2C1. The number of halogens is 1. The highest BCUT2D eigenvalue weighted by atomic mass is 19.1. The van der Waals surface area contributed by atoms with Gasteiger partial charge in [0.15, 0.2) is 0 Å². The van der Waals surface area contributed by atoms with Crippen LogP contribution in [0.4, 0.5) is 4.39 Å². The van der Waals surface area contributed by atoms with Crippen LogP contribution in [0.15, 0.2) is 35.4 Å². The van der Waals surface area contributed by atoms with Crippen LogP contribution in [-0.4, -0.2) is 29.9 Å². The van der Waals surface area contributed by atoms with E-state index >= 15 is 0 Å².